The van der Waals surface area contributed by atoms with Gasteiger partial charge in [0.15, 0.2) is 5.58 Å². The number of methoxy groups -OCH3 is 1. The molecule has 0 aliphatic heterocycles. The van der Waals surface area contributed by atoms with E-state index in [1.54, 1.807) is 35.9 Å². The third-order valence-electron chi connectivity index (χ3n) is 10.8. The third-order valence-corrected chi connectivity index (χ3v) is 10.8. The van der Waals surface area contributed by atoms with E-state index in [2.05, 4.69) is 16.4 Å². The van der Waals surface area contributed by atoms with Crippen molar-refractivity contribution in [2.75, 3.05) is 18.6 Å². The molecule has 1 fully saturated rings. The number of carboxylic acid groups (broad SMARTS) is 1. The second kappa shape index (κ2) is 16.9. The first-order valence-corrected chi connectivity index (χ1v) is 19.0. The van der Waals surface area contributed by atoms with Gasteiger partial charge in [-0.1, -0.05) is 48.5 Å². The molecular weight excluding hydrogens is 714 g/mol. The van der Waals surface area contributed by atoms with Gasteiger partial charge in [-0.25, -0.2) is 9.59 Å². The lowest BCUT2D eigenvalue weighted by Crippen LogP contribution is -2.44. The van der Waals surface area contributed by atoms with E-state index < -0.39 is 18.0 Å². The summed E-state index contributed by atoms with van der Waals surface area (Å²) >= 11 is 0. The molecule has 1 aliphatic rings. The predicted molar refractivity (Wildman–Crippen MR) is 215 cm³/mol. The van der Waals surface area contributed by atoms with Crippen molar-refractivity contribution in [3.05, 3.63) is 123 Å². The Balaban J connectivity index is 1.02. The molecule has 0 saturated heterocycles. The van der Waals surface area contributed by atoms with Crippen LogP contribution < -0.4 is 32.0 Å². The van der Waals surface area contributed by atoms with Gasteiger partial charge in [0.2, 0.25) is 5.56 Å². The number of ether oxygens (including phenoxy) is 1. The Morgan fingerprint density at radius 1 is 1.02 bits per heavy atom. The van der Waals surface area contributed by atoms with Crippen molar-refractivity contribution < 1.29 is 29.3 Å². The monoisotopic (exact) mass is 761 g/mol. The summed E-state index contributed by atoms with van der Waals surface area (Å²) in [4.78, 5) is 41.8. The standard InChI is InChI=1S/C43H47N5O8/c1-55-38-23-35-39(22-28(38)24-45-25-37(50)32-16-18-36(49)41-33(32)17-19-40(51)46-41)56-43(54)47(35)20-6-5-7-26-10-15-31(27-8-3-2-4-9-27)34(21-26)48(42(52)53)30-13-11-29(44)12-14-30/h2-4,8-10,15-19,21-23,29-30,37,45,49-50H,5-7,11-14,20,24-25,44H2,1H3,(H,46,51)(H,52,53)/t29-,30-,37?. The van der Waals surface area contributed by atoms with Gasteiger partial charge in [-0.2, -0.15) is 0 Å². The van der Waals surface area contributed by atoms with Crippen LogP contribution >= 0.6 is 0 Å². The molecule has 1 amide bonds. The van der Waals surface area contributed by atoms with Crippen LogP contribution in [-0.2, 0) is 19.5 Å². The summed E-state index contributed by atoms with van der Waals surface area (Å²) in [6.07, 6.45) is 3.22. The van der Waals surface area contributed by atoms with Crippen LogP contribution in [0.2, 0.25) is 0 Å². The molecule has 1 saturated carbocycles. The number of carbonyl (C=O) groups is 1. The van der Waals surface area contributed by atoms with Crippen LogP contribution in [0, 0.1) is 0 Å². The van der Waals surface area contributed by atoms with E-state index in [-0.39, 0.29) is 35.5 Å². The summed E-state index contributed by atoms with van der Waals surface area (Å²) < 4.78 is 12.9. The SMILES string of the molecule is COc1cc2c(cc1CNCC(O)c1ccc(O)c3[nH]c(=O)ccc13)oc(=O)n2CCCCc1ccc(-c2ccccc2)c(N(C(=O)O)[C@H]2CC[C@H](N)CC2)c1. The second-order valence-electron chi connectivity index (χ2n) is 14.5. The Bertz CT molecular complexity index is 2450. The summed E-state index contributed by atoms with van der Waals surface area (Å²) in [5.74, 6) is -0.00421. The normalized spacial score (nSPS) is 16.3. The lowest BCUT2D eigenvalue weighted by atomic mass is 9.89. The number of fused-ring (bicyclic) bond motifs is 2. The molecule has 2 aromatic heterocycles. The number of pyridine rings is 1. The number of hydrogen-bond donors (Lipinski definition) is 6. The van der Waals surface area contributed by atoms with E-state index in [0.29, 0.717) is 72.3 Å². The summed E-state index contributed by atoms with van der Waals surface area (Å²) in [5.41, 5.74) is 11.9. The van der Waals surface area contributed by atoms with Crippen LogP contribution in [0.1, 0.15) is 61.3 Å². The summed E-state index contributed by atoms with van der Waals surface area (Å²) in [6.45, 7) is 0.880. The minimum absolute atomic E-state index is 0.0823. The number of phenolic OH excluding ortho intramolecular Hbond substituents is 1. The topological polar surface area (TPSA) is 196 Å². The van der Waals surface area contributed by atoms with Crippen molar-refractivity contribution in [1.29, 1.82) is 0 Å². The van der Waals surface area contributed by atoms with Gasteiger partial charge in [-0.15, -0.1) is 0 Å². The predicted octanol–water partition coefficient (Wildman–Crippen LogP) is 6.42. The number of aliphatic hydroxyl groups is 1. The Kier molecular flexibility index (Phi) is 11.6. The highest BCUT2D eigenvalue weighted by Crippen LogP contribution is 2.37. The fourth-order valence-corrected chi connectivity index (χ4v) is 7.88. The van der Waals surface area contributed by atoms with Gasteiger partial charge in [0.05, 0.1) is 29.9 Å². The first-order valence-electron chi connectivity index (χ1n) is 19.0. The number of rotatable bonds is 14. The molecule has 1 aliphatic carbocycles. The molecule has 1 unspecified atom stereocenters. The van der Waals surface area contributed by atoms with Crippen molar-refractivity contribution >= 4 is 33.8 Å². The van der Waals surface area contributed by atoms with E-state index in [4.69, 9.17) is 14.9 Å². The van der Waals surface area contributed by atoms with Crippen LogP contribution in [0.5, 0.6) is 11.5 Å². The number of amides is 1. The number of anilines is 1. The molecule has 7 N–H and O–H groups in total. The van der Waals surface area contributed by atoms with Crippen LogP contribution in [0.15, 0.2) is 98.9 Å². The molecule has 4 aromatic carbocycles. The van der Waals surface area contributed by atoms with Crippen molar-refractivity contribution in [3.8, 4) is 22.6 Å². The smallest absolute Gasteiger partial charge is 0.419 e. The first-order chi connectivity index (χ1) is 27.1. The van der Waals surface area contributed by atoms with Crippen molar-refractivity contribution in [2.45, 2.75) is 76.2 Å². The van der Waals surface area contributed by atoms with Crippen LogP contribution in [0.4, 0.5) is 10.5 Å². The molecule has 0 bridgehead atoms. The maximum Gasteiger partial charge on any atom is 0.419 e. The average Bonchev–Trinajstić information content (AvgIpc) is 3.50. The fourth-order valence-electron chi connectivity index (χ4n) is 7.88. The van der Waals surface area contributed by atoms with Crippen molar-refractivity contribution in [3.63, 3.8) is 0 Å². The van der Waals surface area contributed by atoms with E-state index >= 15 is 0 Å². The number of nitrogens with zero attached hydrogens (tertiary/aromatic N) is 2. The number of oxazole rings is 1. The minimum atomic E-state index is -0.972. The van der Waals surface area contributed by atoms with Gasteiger partial charge >= 0.3 is 11.8 Å². The lowest BCUT2D eigenvalue weighted by Gasteiger charge is -2.35. The summed E-state index contributed by atoms with van der Waals surface area (Å²) in [5, 5.41) is 35.4. The first kappa shape index (κ1) is 38.4. The molecule has 6 aromatic rings. The Hall–Kier alpha value is -5.89. The number of aliphatic hydroxyl groups excluding tert-OH is 1. The number of aromatic amines is 1. The number of aryl methyl sites for hydroxylation is 2. The number of aromatic nitrogens is 2. The average molecular weight is 762 g/mol. The lowest BCUT2D eigenvalue weighted by molar-refractivity contribution is 0.175. The molecule has 7 rings (SSSR count). The van der Waals surface area contributed by atoms with Gasteiger partial charge in [-0.3, -0.25) is 14.3 Å². The number of benzene rings is 4. The highest BCUT2D eigenvalue weighted by atomic mass is 16.5. The van der Waals surface area contributed by atoms with Crippen LogP contribution in [-0.4, -0.2) is 56.7 Å². The quantitative estimate of drug-likeness (QED) is 0.0675. The number of hydrogen-bond acceptors (Lipinski definition) is 9. The number of H-pyrrole nitrogens is 1. The molecule has 292 valence electrons. The largest absolute Gasteiger partial charge is 0.506 e. The number of phenols is 1. The molecular formula is C43H47N5O8. The molecule has 2 heterocycles. The van der Waals surface area contributed by atoms with E-state index in [1.807, 2.05) is 42.5 Å². The van der Waals surface area contributed by atoms with Crippen molar-refractivity contribution in [1.82, 2.24) is 14.9 Å². The van der Waals surface area contributed by atoms with E-state index in [9.17, 15) is 29.7 Å². The number of aromatic hydroxyl groups is 1. The zero-order valence-electron chi connectivity index (χ0n) is 31.2. The second-order valence-corrected chi connectivity index (χ2v) is 14.5. The number of nitrogens with two attached hydrogens (primary N) is 1. The van der Waals surface area contributed by atoms with Gasteiger partial charge in [0.1, 0.15) is 11.5 Å². The fraction of sp³-hybridized carbons (Fsp3) is 0.326. The molecule has 13 nitrogen and oxygen atoms in total. The summed E-state index contributed by atoms with van der Waals surface area (Å²) in [7, 11) is 1.55. The van der Waals surface area contributed by atoms with Gasteiger partial charge < -0.3 is 40.5 Å². The van der Waals surface area contributed by atoms with Gasteiger partial charge in [0, 0.05) is 60.4 Å². The third kappa shape index (κ3) is 8.20. The maximum absolute atomic E-state index is 13.1. The van der Waals surface area contributed by atoms with Gasteiger partial charge in [0.25, 0.3) is 0 Å². The Labute approximate surface area is 323 Å². The highest BCUT2D eigenvalue weighted by Gasteiger charge is 2.31. The Morgan fingerprint density at radius 2 is 1.80 bits per heavy atom. The molecule has 56 heavy (non-hydrogen) atoms. The Morgan fingerprint density at radius 3 is 2.55 bits per heavy atom. The molecule has 0 spiro atoms. The summed E-state index contributed by atoms with van der Waals surface area (Å²) in [6, 6.07) is 25.4. The minimum Gasteiger partial charge on any atom is -0.506 e. The number of nitrogens with one attached hydrogen (secondary N) is 2. The molecule has 0 radical (unpaired) electrons. The maximum atomic E-state index is 13.1. The van der Waals surface area contributed by atoms with Gasteiger partial charge in [-0.05, 0) is 85.9 Å². The van der Waals surface area contributed by atoms with Crippen molar-refractivity contribution in [2.24, 2.45) is 5.73 Å². The van der Waals surface area contributed by atoms with E-state index in [0.717, 1.165) is 41.5 Å². The number of unbranched alkanes of at least 4 members (excludes halogenated alkanes) is 1. The highest BCUT2D eigenvalue weighted by molar-refractivity contribution is 5.94. The van der Waals surface area contributed by atoms with Crippen LogP contribution in [0.25, 0.3) is 33.1 Å². The van der Waals surface area contributed by atoms with E-state index in [1.165, 1.54) is 17.0 Å². The molecule has 13 heteroatoms. The van der Waals surface area contributed by atoms with Crippen LogP contribution in [0.3, 0.4) is 0 Å². The zero-order chi connectivity index (χ0) is 39.3. The molecule has 1 atom stereocenters. The zero-order valence-corrected chi connectivity index (χ0v) is 31.2.